The van der Waals surface area contributed by atoms with Gasteiger partial charge in [-0.15, -0.1) is 0 Å². The lowest BCUT2D eigenvalue weighted by Gasteiger charge is -2.27. The molecule has 0 aromatic heterocycles. The Morgan fingerprint density at radius 3 is 2.05 bits per heavy atom. The van der Waals surface area contributed by atoms with Gasteiger partial charge in [0.1, 0.15) is 5.75 Å². The van der Waals surface area contributed by atoms with Crippen molar-refractivity contribution in [1.29, 1.82) is 0 Å². The third-order valence-corrected chi connectivity index (χ3v) is 6.20. The number of aliphatic carboxylic acids is 1. The van der Waals surface area contributed by atoms with Crippen molar-refractivity contribution in [3.8, 4) is 0 Å². The van der Waals surface area contributed by atoms with E-state index in [1.165, 1.54) is 0 Å². The van der Waals surface area contributed by atoms with Crippen molar-refractivity contribution < 1.29 is 23.1 Å². The molecular formula is C13H23NO5S. The Morgan fingerprint density at radius 2 is 1.65 bits per heavy atom. The molecule has 0 aromatic carbocycles. The highest BCUT2D eigenvalue weighted by atomic mass is 32.2. The van der Waals surface area contributed by atoms with E-state index in [1.807, 2.05) is 0 Å². The Bertz CT molecular complexity index is 469. The van der Waals surface area contributed by atoms with Crippen molar-refractivity contribution >= 4 is 21.7 Å². The summed E-state index contributed by atoms with van der Waals surface area (Å²) in [7, 11) is -3.48. The van der Waals surface area contributed by atoms with E-state index in [0.29, 0.717) is 25.7 Å². The van der Waals surface area contributed by atoms with Gasteiger partial charge < -0.3 is 10.4 Å². The fourth-order valence-electron chi connectivity index (χ4n) is 2.14. The number of carboxylic acid groups (broad SMARTS) is 1. The molecule has 0 heterocycles. The van der Waals surface area contributed by atoms with Crippen LogP contribution < -0.4 is 5.32 Å². The molecule has 20 heavy (non-hydrogen) atoms. The third kappa shape index (κ3) is 4.47. The number of nitrogens with one attached hydrogen (secondary N) is 1. The van der Waals surface area contributed by atoms with Crippen molar-refractivity contribution in [2.24, 2.45) is 5.92 Å². The van der Waals surface area contributed by atoms with Gasteiger partial charge in [0.15, 0.2) is 9.84 Å². The average molecular weight is 305 g/mol. The number of hydrogen-bond donors (Lipinski definition) is 2. The molecule has 116 valence electrons. The molecule has 1 aliphatic carbocycles. The Balaban J connectivity index is 2.48. The Hall–Kier alpha value is -1.11. The van der Waals surface area contributed by atoms with Crippen LogP contribution in [-0.2, 0) is 19.4 Å². The van der Waals surface area contributed by atoms with E-state index < -0.39 is 32.2 Å². The summed E-state index contributed by atoms with van der Waals surface area (Å²) in [5.41, 5.74) is 0. The molecule has 6 nitrogen and oxygen atoms in total. The van der Waals surface area contributed by atoms with Gasteiger partial charge >= 0.3 is 5.97 Å². The number of carboxylic acids is 1. The number of sulfone groups is 1. The Morgan fingerprint density at radius 1 is 1.15 bits per heavy atom. The summed E-state index contributed by atoms with van der Waals surface area (Å²) in [6.45, 7) is 4.69. The Kier molecular flexibility index (Phi) is 5.18. The van der Waals surface area contributed by atoms with Gasteiger partial charge in [0, 0.05) is 6.04 Å². The van der Waals surface area contributed by atoms with Crippen molar-refractivity contribution in [3.05, 3.63) is 0 Å². The topological polar surface area (TPSA) is 101 Å². The standard InChI is InChI=1S/C13H23NO5S/c1-13(2,3)20(18,19)8-11(15)14-10-6-4-9(5-7-10)12(16)17/h9-10H,4-8H2,1-3H3,(H,14,15)(H,16,17). The maximum atomic E-state index is 11.9. The fourth-order valence-corrected chi connectivity index (χ4v) is 3.00. The first kappa shape index (κ1) is 16.9. The zero-order valence-corrected chi connectivity index (χ0v) is 13.0. The largest absolute Gasteiger partial charge is 0.481 e. The van der Waals surface area contributed by atoms with E-state index in [1.54, 1.807) is 20.8 Å². The van der Waals surface area contributed by atoms with Crippen molar-refractivity contribution in [3.63, 3.8) is 0 Å². The molecule has 0 aliphatic heterocycles. The Labute approximate surface area is 119 Å². The number of rotatable bonds is 4. The van der Waals surface area contributed by atoms with E-state index in [0.717, 1.165) is 0 Å². The highest BCUT2D eigenvalue weighted by Gasteiger charge is 2.32. The SMILES string of the molecule is CC(C)(C)S(=O)(=O)CC(=O)NC1CCC(C(=O)O)CC1. The van der Waals surface area contributed by atoms with Crippen LogP contribution in [0.5, 0.6) is 0 Å². The lowest BCUT2D eigenvalue weighted by atomic mass is 9.86. The lowest BCUT2D eigenvalue weighted by Crippen LogP contribution is -2.44. The second kappa shape index (κ2) is 6.11. The molecule has 1 saturated carbocycles. The molecule has 1 rings (SSSR count). The van der Waals surface area contributed by atoms with Crippen LogP contribution in [-0.4, -0.2) is 41.9 Å². The second-order valence-electron chi connectivity index (χ2n) is 6.33. The zero-order chi connectivity index (χ0) is 15.6. The minimum Gasteiger partial charge on any atom is -0.481 e. The molecule has 0 saturated heterocycles. The maximum absolute atomic E-state index is 11.9. The van der Waals surface area contributed by atoms with Crippen LogP contribution in [0.25, 0.3) is 0 Å². The van der Waals surface area contributed by atoms with Gasteiger partial charge in [-0.2, -0.15) is 0 Å². The van der Waals surface area contributed by atoms with Gasteiger partial charge in [-0.05, 0) is 46.5 Å². The molecule has 1 fully saturated rings. The van der Waals surface area contributed by atoms with E-state index in [4.69, 9.17) is 5.11 Å². The lowest BCUT2D eigenvalue weighted by molar-refractivity contribution is -0.142. The molecule has 1 amide bonds. The minimum atomic E-state index is -3.48. The predicted molar refractivity (Wildman–Crippen MR) is 75.1 cm³/mol. The van der Waals surface area contributed by atoms with E-state index >= 15 is 0 Å². The number of carbonyl (C=O) groups is 2. The molecule has 1 aliphatic rings. The van der Waals surface area contributed by atoms with E-state index in [-0.39, 0.29) is 12.0 Å². The van der Waals surface area contributed by atoms with Crippen LogP contribution in [0.1, 0.15) is 46.5 Å². The monoisotopic (exact) mass is 305 g/mol. The molecule has 0 spiro atoms. The minimum absolute atomic E-state index is 0.117. The maximum Gasteiger partial charge on any atom is 0.306 e. The first-order valence-corrected chi connectivity index (χ1v) is 8.42. The zero-order valence-electron chi connectivity index (χ0n) is 12.2. The third-order valence-electron chi connectivity index (χ3n) is 3.70. The van der Waals surface area contributed by atoms with Crippen molar-refractivity contribution in [2.75, 3.05) is 5.75 Å². The molecule has 0 atom stereocenters. The number of amides is 1. The summed E-state index contributed by atoms with van der Waals surface area (Å²) in [5.74, 6) is -2.17. The second-order valence-corrected chi connectivity index (χ2v) is 9.07. The number of carbonyl (C=O) groups excluding carboxylic acids is 1. The van der Waals surface area contributed by atoms with Crippen LogP contribution in [0.3, 0.4) is 0 Å². The smallest absolute Gasteiger partial charge is 0.306 e. The first-order chi connectivity index (χ1) is 9.03. The van der Waals surface area contributed by atoms with E-state index in [2.05, 4.69) is 5.32 Å². The summed E-state index contributed by atoms with van der Waals surface area (Å²) in [6.07, 6.45) is 2.20. The van der Waals surface area contributed by atoms with Crippen LogP contribution >= 0.6 is 0 Å². The summed E-state index contributed by atoms with van der Waals surface area (Å²) in [4.78, 5) is 22.6. The normalized spacial score (nSPS) is 24.1. The van der Waals surface area contributed by atoms with Gasteiger partial charge in [0.05, 0.1) is 10.7 Å². The molecule has 0 bridgehead atoms. The first-order valence-electron chi connectivity index (χ1n) is 6.77. The van der Waals surface area contributed by atoms with Crippen LogP contribution in [0.4, 0.5) is 0 Å². The summed E-state index contributed by atoms with van der Waals surface area (Å²) in [5, 5.41) is 11.6. The molecule has 7 heteroatoms. The summed E-state index contributed by atoms with van der Waals surface area (Å²) in [6, 6.07) is -0.117. The molecule has 0 unspecified atom stereocenters. The van der Waals surface area contributed by atoms with Gasteiger partial charge in [0.25, 0.3) is 0 Å². The highest BCUT2D eigenvalue weighted by molar-refractivity contribution is 7.93. The highest BCUT2D eigenvalue weighted by Crippen LogP contribution is 2.24. The molecule has 0 radical (unpaired) electrons. The molecular weight excluding hydrogens is 282 g/mol. The summed E-state index contributed by atoms with van der Waals surface area (Å²) >= 11 is 0. The predicted octanol–water partition coefficient (Wildman–Crippen LogP) is 0.959. The van der Waals surface area contributed by atoms with Crippen LogP contribution in [0, 0.1) is 5.92 Å². The molecule has 0 aromatic rings. The fraction of sp³-hybridized carbons (Fsp3) is 0.846. The van der Waals surface area contributed by atoms with Gasteiger partial charge in [-0.1, -0.05) is 0 Å². The van der Waals surface area contributed by atoms with Crippen molar-refractivity contribution in [2.45, 2.75) is 57.2 Å². The van der Waals surface area contributed by atoms with E-state index in [9.17, 15) is 18.0 Å². The van der Waals surface area contributed by atoms with Gasteiger partial charge in [-0.25, -0.2) is 8.42 Å². The van der Waals surface area contributed by atoms with Crippen molar-refractivity contribution in [1.82, 2.24) is 5.32 Å². The van der Waals surface area contributed by atoms with Crippen LogP contribution in [0.2, 0.25) is 0 Å². The van der Waals surface area contributed by atoms with Gasteiger partial charge in [0.2, 0.25) is 5.91 Å². The quantitative estimate of drug-likeness (QED) is 0.805. The van der Waals surface area contributed by atoms with Crippen LogP contribution in [0.15, 0.2) is 0 Å². The molecule has 2 N–H and O–H groups in total. The summed E-state index contributed by atoms with van der Waals surface area (Å²) < 4.78 is 22.9. The van der Waals surface area contributed by atoms with Gasteiger partial charge in [-0.3, -0.25) is 9.59 Å². The average Bonchev–Trinajstić information content (AvgIpc) is 2.27. The number of hydrogen-bond acceptors (Lipinski definition) is 4.